The van der Waals surface area contributed by atoms with Crippen molar-refractivity contribution in [2.45, 2.75) is 50.3 Å². The van der Waals surface area contributed by atoms with Crippen LogP contribution in [0.2, 0.25) is 0 Å². The number of fused-ring (bicyclic) bond motifs is 2. The molecule has 18 heavy (non-hydrogen) atoms. The second-order valence-corrected chi connectivity index (χ2v) is 5.67. The van der Waals surface area contributed by atoms with E-state index in [0.717, 1.165) is 36.8 Å². The SMILES string of the molecule is Cc1c(C#N)cccc1C1(O)CC2CCC(C1)N2. The van der Waals surface area contributed by atoms with Crippen molar-refractivity contribution >= 4 is 0 Å². The molecular weight excluding hydrogens is 224 g/mol. The van der Waals surface area contributed by atoms with Crippen LogP contribution < -0.4 is 5.32 Å². The number of hydrogen-bond donors (Lipinski definition) is 2. The third kappa shape index (κ3) is 1.73. The van der Waals surface area contributed by atoms with Crippen molar-refractivity contribution in [2.75, 3.05) is 0 Å². The molecule has 2 N–H and O–H groups in total. The normalized spacial score (nSPS) is 34.3. The summed E-state index contributed by atoms with van der Waals surface area (Å²) in [6, 6.07) is 8.73. The first kappa shape index (κ1) is 11.7. The summed E-state index contributed by atoms with van der Waals surface area (Å²) in [5, 5.41) is 23.6. The lowest BCUT2D eigenvalue weighted by Gasteiger charge is -2.38. The van der Waals surface area contributed by atoms with E-state index in [0.29, 0.717) is 17.6 Å². The zero-order chi connectivity index (χ0) is 12.8. The molecule has 3 nitrogen and oxygen atoms in total. The highest BCUT2D eigenvalue weighted by atomic mass is 16.3. The van der Waals surface area contributed by atoms with Gasteiger partial charge in [0, 0.05) is 12.1 Å². The first-order chi connectivity index (χ1) is 8.62. The van der Waals surface area contributed by atoms with Crippen LogP contribution in [0.15, 0.2) is 18.2 Å². The van der Waals surface area contributed by atoms with Crippen LogP contribution in [0, 0.1) is 18.3 Å². The zero-order valence-electron chi connectivity index (χ0n) is 10.6. The van der Waals surface area contributed by atoms with E-state index in [1.165, 1.54) is 0 Å². The van der Waals surface area contributed by atoms with Gasteiger partial charge in [-0.1, -0.05) is 12.1 Å². The lowest BCUT2D eigenvalue weighted by atomic mass is 9.79. The van der Waals surface area contributed by atoms with Gasteiger partial charge < -0.3 is 10.4 Å². The van der Waals surface area contributed by atoms with Gasteiger partial charge in [0.05, 0.1) is 17.2 Å². The van der Waals surface area contributed by atoms with Gasteiger partial charge >= 0.3 is 0 Å². The number of hydrogen-bond acceptors (Lipinski definition) is 3. The Balaban J connectivity index is 2.02. The summed E-state index contributed by atoms with van der Waals surface area (Å²) in [4.78, 5) is 0. The molecular formula is C15H18N2O. The lowest BCUT2D eigenvalue weighted by molar-refractivity contribution is -0.0120. The Morgan fingerprint density at radius 1 is 1.33 bits per heavy atom. The molecule has 1 aromatic rings. The number of piperidine rings is 1. The topological polar surface area (TPSA) is 56.0 Å². The summed E-state index contributed by atoms with van der Waals surface area (Å²) < 4.78 is 0. The van der Waals surface area contributed by atoms with Gasteiger partial charge in [-0.15, -0.1) is 0 Å². The third-order valence-corrected chi connectivity index (χ3v) is 4.46. The summed E-state index contributed by atoms with van der Waals surface area (Å²) in [7, 11) is 0. The van der Waals surface area contributed by atoms with Gasteiger partial charge in [-0.25, -0.2) is 0 Å². The highest BCUT2D eigenvalue weighted by Gasteiger charge is 2.44. The monoisotopic (exact) mass is 242 g/mol. The maximum Gasteiger partial charge on any atom is 0.0994 e. The van der Waals surface area contributed by atoms with Crippen LogP contribution in [0.5, 0.6) is 0 Å². The fraction of sp³-hybridized carbons (Fsp3) is 0.533. The number of aliphatic hydroxyl groups is 1. The molecule has 0 aromatic heterocycles. The minimum absolute atomic E-state index is 0.430. The Hall–Kier alpha value is -1.37. The Bertz CT molecular complexity index is 506. The highest BCUT2D eigenvalue weighted by molar-refractivity contribution is 5.44. The second kappa shape index (κ2) is 4.08. The Morgan fingerprint density at radius 3 is 2.61 bits per heavy atom. The number of nitrogens with zero attached hydrogens (tertiary/aromatic N) is 1. The summed E-state index contributed by atoms with van der Waals surface area (Å²) >= 11 is 0. The average Bonchev–Trinajstić information content (AvgIpc) is 2.69. The predicted molar refractivity (Wildman–Crippen MR) is 69.0 cm³/mol. The van der Waals surface area contributed by atoms with Gasteiger partial charge in [0.25, 0.3) is 0 Å². The standard InChI is InChI=1S/C15H18N2O/c1-10-11(9-16)3-2-4-14(10)15(18)7-12-5-6-13(8-15)17-12/h2-4,12-13,17-18H,5-8H2,1H3. The molecule has 2 heterocycles. The molecule has 2 fully saturated rings. The zero-order valence-corrected chi connectivity index (χ0v) is 10.6. The van der Waals surface area contributed by atoms with Crippen LogP contribution in [-0.2, 0) is 5.60 Å². The van der Waals surface area contributed by atoms with Gasteiger partial charge in [0.1, 0.15) is 0 Å². The molecule has 2 aliphatic heterocycles. The molecule has 2 saturated heterocycles. The van der Waals surface area contributed by atoms with Crippen molar-refractivity contribution in [3.05, 3.63) is 34.9 Å². The molecule has 2 atom stereocenters. The van der Waals surface area contributed by atoms with Gasteiger partial charge in [0.2, 0.25) is 0 Å². The molecule has 0 aliphatic carbocycles. The maximum atomic E-state index is 11.0. The van der Waals surface area contributed by atoms with E-state index in [1.807, 2.05) is 25.1 Å². The molecule has 0 radical (unpaired) electrons. The molecule has 0 saturated carbocycles. The van der Waals surface area contributed by atoms with Crippen LogP contribution in [0.25, 0.3) is 0 Å². The average molecular weight is 242 g/mol. The summed E-state index contributed by atoms with van der Waals surface area (Å²) in [6.07, 6.45) is 3.84. The molecule has 0 amide bonds. The van der Waals surface area contributed by atoms with Crippen LogP contribution in [0.3, 0.4) is 0 Å². The summed E-state index contributed by atoms with van der Waals surface area (Å²) in [5.41, 5.74) is 1.80. The largest absolute Gasteiger partial charge is 0.385 e. The Labute approximate surface area is 107 Å². The number of rotatable bonds is 1. The molecule has 0 spiro atoms. The summed E-state index contributed by atoms with van der Waals surface area (Å²) in [6.45, 7) is 1.94. The van der Waals surface area contributed by atoms with E-state index in [1.54, 1.807) is 0 Å². The molecule has 3 rings (SSSR count). The number of nitriles is 1. The Morgan fingerprint density at radius 2 is 2.00 bits per heavy atom. The number of benzene rings is 1. The Kier molecular flexibility index (Phi) is 2.65. The minimum atomic E-state index is -0.756. The van der Waals surface area contributed by atoms with E-state index >= 15 is 0 Å². The number of nitrogens with one attached hydrogen (secondary N) is 1. The highest BCUT2D eigenvalue weighted by Crippen LogP contribution is 2.42. The van der Waals surface area contributed by atoms with Crippen LogP contribution in [0.1, 0.15) is 42.4 Å². The molecule has 2 unspecified atom stereocenters. The molecule has 94 valence electrons. The van der Waals surface area contributed by atoms with Gasteiger partial charge in [-0.3, -0.25) is 0 Å². The summed E-state index contributed by atoms with van der Waals surface area (Å²) in [5.74, 6) is 0. The van der Waals surface area contributed by atoms with Crippen molar-refractivity contribution in [3.8, 4) is 6.07 Å². The van der Waals surface area contributed by atoms with Crippen molar-refractivity contribution in [3.63, 3.8) is 0 Å². The smallest absolute Gasteiger partial charge is 0.0994 e. The van der Waals surface area contributed by atoms with Crippen molar-refractivity contribution in [2.24, 2.45) is 0 Å². The van der Waals surface area contributed by atoms with E-state index in [-0.39, 0.29) is 0 Å². The fourth-order valence-corrected chi connectivity index (χ4v) is 3.60. The lowest BCUT2D eigenvalue weighted by Crippen LogP contribution is -2.47. The van der Waals surface area contributed by atoms with Crippen molar-refractivity contribution in [1.29, 1.82) is 5.26 Å². The van der Waals surface area contributed by atoms with E-state index in [2.05, 4.69) is 11.4 Å². The quantitative estimate of drug-likeness (QED) is 0.791. The molecule has 1 aromatic carbocycles. The fourth-order valence-electron chi connectivity index (χ4n) is 3.60. The van der Waals surface area contributed by atoms with Crippen molar-refractivity contribution < 1.29 is 5.11 Å². The first-order valence-corrected chi connectivity index (χ1v) is 6.61. The minimum Gasteiger partial charge on any atom is -0.385 e. The second-order valence-electron chi connectivity index (χ2n) is 5.67. The van der Waals surface area contributed by atoms with E-state index in [4.69, 9.17) is 5.26 Å². The third-order valence-electron chi connectivity index (χ3n) is 4.46. The maximum absolute atomic E-state index is 11.0. The van der Waals surface area contributed by atoms with Gasteiger partial charge in [0.15, 0.2) is 0 Å². The molecule has 3 heteroatoms. The molecule has 2 aliphatic rings. The van der Waals surface area contributed by atoms with E-state index < -0.39 is 5.60 Å². The van der Waals surface area contributed by atoms with Gasteiger partial charge in [-0.2, -0.15) is 5.26 Å². The molecule has 2 bridgehead atoms. The van der Waals surface area contributed by atoms with E-state index in [9.17, 15) is 5.11 Å². The van der Waals surface area contributed by atoms with Crippen LogP contribution in [-0.4, -0.2) is 17.2 Å². The van der Waals surface area contributed by atoms with Gasteiger partial charge in [-0.05, 0) is 49.8 Å². The van der Waals surface area contributed by atoms with Crippen LogP contribution in [0.4, 0.5) is 0 Å². The first-order valence-electron chi connectivity index (χ1n) is 6.61. The van der Waals surface area contributed by atoms with Crippen molar-refractivity contribution in [1.82, 2.24) is 5.32 Å². The predicted octanol–water partition coefficient (Wildman–Crippen LogP) is 1.97. The van der Waals surface area contributed by atoms with Crippen LogP contribution >= 0.6 is 0 Å².